The summed E-state index contributed by atoms with van der Waals surface area (Å²) < 4.78 is 30.5. The number of nitriles is 1. The van der Waals surface area contributed by atoms with E-state index in [1.54, 1.807) is 49.8 Å². The Balaban J connectivity index is 1.47. The van der Waals surface area contributed by atoms with E-state index < -0.39 is 15.6 Å². The van der Waals surface area contributed by atoms with E-state index in [1.165, 1.54) is 23.1 Å². The Morgan fingerprint density at radius 1 is 1.11 bits per heavy atom. The third kappa shape index (κ3) is 4.39. The van der Waals surface area contributed by atoms with Crippen LogP contribution in [-0.4, -0.2) is 47.2 Å². The molecule has 3 aromatic heterocycles. The minimum atomic E-state index is -3.90. The molecule has 11 heteroatoms. The van der Waals surface area contributed by atoms with Crippen molar-refractivity contribution in [3.05, 3.63) is 85.1 Å². The van der Waals surface area contributed by atoms with E-state index in [4.69, 9.17) is 0 Å². The molecule has 0 aliphatic carbocycles. The number of fused-ring (bicyclic) bond motifs is 1. The lowest BCUT2D eigenvalue weighted by Crippen LogP contribution is -2.30. The maximum Gasteiger partial charge on any atom is 0.261 e. The molecule has 0 aliphatic rings. The fraction of sp³-hybridized carbons (Fsp3) is 0.154. The molecule has 186 valence electrons. The average molecular weight is 513 g/mol. The lowest BCUT2D eigenvalue weighted by Gasteiger charge is -2.23. The molecule has 0 bridgehead atoms. The fourth-order valence-corrected chi connectivity index (χ4v) is 5.15. The molecule has 0 radical (unpaired) electrons. The van der Waals surface area contributed by atoms with Crippen LogP contribution >= 0.6 is 0 Å². The smallest absolute Gasteiger partial charge is 0.261 e. The standard InChI is InChI=1S/C26H24N8O2S/c1-26(16-27,34-15-18(14-31-34)24-23-11-12-28-25(23)30-17-29-24)19-5-4-6-22(13-19)37(35,36)32-20-7-9-21(10-8-20)33(2)3/h4-15,17,32H,1-3H3,(H,28,29,30). The van der Waals surface area contributed by atoms with Gasteiger partial charge in [-0.3, -0.25) is 4.72 Å². The van der Waals surface area contributed by atoms with Crippen molar-refractivity contribution in [1.82, 2.24) is 24.7 Å². The number of aromatic nitrogens is 5. The van der Waals surface area contributed by atoms with Gasteiger partial charge in [-0.2, -0.15) is 10.4 Å². The Labute approximate surface area is 214 Å². The van der Waals surface area contributed by atoms with Crippen molar-refractivity contribution in [3.63, 3.8) is 0 Å². The first-order valence-corrected chi connectivity index (χ1v) is 12.9. The molecule has 2 N–H and O–H groups in total. The van der Waals surface area contributed by atoms with Crippen LogP contribution in [0.4, 0.5) is 11.4 Å². The van der Waals surface area contributed by atoms with E-state index in [0.717, 1.165) is 11.1 Å². The molecule has 0 saturated carbocycles. The van der Waals surface area contributed by atoms with Crippen molar-refractivity contribution in [2.24, 2.45) is 0 Å². The highest BCUT2D eigenvalue weighted by Gasteiger charge is 2.31. The molecule has 0 saturated heterocycles. The number of nitrogens with zero attached hydrogens (tertiary/aromatic N) is 6. The summed E-state index contributed by atoms with van der Waals surface area (Å²) in [7, 11) is -0.0774. The fourth-order valence-electron chi connectivity index (χ4n) is 4.05. The molecule has 5 rings (SSSR count). The van der Waals surface area contributed by atoms with Gasteiger partial charge in [-0.05, 0) is 55.0 Å². The summed E-state index contributed by atoms with van der Waals surface area (Å²) in [5.74, 6) is 0. The number of benzene rings is 2. The first-order valence-electron chi connectivity index (χ1n) is 11.4. The maximum atomic E-state index is 13.2. The van der Waals surface area contributed by atoms with Gasteiger partial charge in [-0.15, -0.1) is 0 Å². The number of anilines is 2. The number of aromatic amines is 1. The highest BCUT2D eigenvalue weighted by atomic mass is 32.2. The van der Waals surface area contributed by atoms with Crippen LogP contribution in [0.15, 0.2) is 84.4 Å². The van der Waals surface area contributed by atoms with E-state index in [9.17, 15) is 13.7 Å². The van der Waals surface area contributed by atoms with Gasteiger partial charge in [0.2, 0.25) is 0 Å². The second-order valence-electron chi connectivity index (χ2n) is 8.89. The first kappa shape index (κ1) is 24.0. The van der Waals surface area contributed by atoms with Gasteiger partial charge in [0, 0.05) is 48.8 Å². The third-order valence-electron chi connectivity index (χ3n) is 6.23. The molecule has 1 atom stereocenters. The first-order chi connectivity index (χ1) is 17.7. The number of hydrogen-bond donors (Lipinski definition) is 2. The average Bonchev–Trinajstić information content (AvgIpc) is 3.59. The predicted octanol–water partition coefficient (Wildman–Crippen LogP) is 3.98. The largest absolute Gasteiger partial charge is 0.378 e. The molecular formula is C26H24N8O2S. The molecule has 3 heterocycles. The predicted molar refractivity (Wildman–Crippen MR) is 141 cm³/mol. The summed E-state index contributed by atoms with van der Waals surface area (Å²) in [6, 6.07) is 17.6. The Bertz CT molecular complexity index is 1730. The molecule has 0 aliphatic heterocycles. The van der Waals surface area contributed by atoms with Crippen molar-refractivity contribution in [3.8, 4) is 17.3 Å². The monoisotopic (exact) mass is 512 g/mol. The van der Waals surface area contributed by atoms with Crippen molar-refractivity contribution < 1.29 is 8.42 Å². The number of hydrogen-bond acceptors (Lipinski definition) is 7. The summed E-state index contributed by atoms with van der Waals surface area (Å²) in [5, 5.41) is 15.5. The van der Waals surface area contributed by atoms with Gasteiger partial charge >= 0.3 is 0 Å². The number of nitrogens with one attached hydrogen (secondary N) is 2. The van der Waals surface area contributed by atoms with Crippen LogP contribution in [-0.2, 0) is 15.6 Å². The summed E-state index contributed by atoms with van der Waals surface area (Å²) >= 11 is 0. The van der Waals surface area contributed by atoms with E-state index in [0.29, 0.717) is 28.2 Å². The number of sulfonamides is 1. The third-order valence-corrected chi connectivity index (χ3v) is 7.61. The van der Waals surface area contributed by atoms with Crippen LogP contribution in [0.2, 0.25) is 0 Å². The van der Waals surface area contributed by atoms with Crippen molar-refractivity contribution in [1.29, 1.82) is 5.26 Å². The van der Waals surface area contributed by atoms with Crippen LogP contribution in [0.3, 0.4) is 0 Å². The summed E-state index contributed by atoms with van der Waals surface area (Å²) in [4.78, 5) is 13.6. The second-order valence-corrected chi connectivity index (χ2v) is 10.6. The molecule has 10 nitrogen and oxygen atoms in total. The van der Waals surface area contributed by atoms with Gasteiger partial charge in [0.15, 0.2) is 5.54 Å². The molecule has 37 heavy (non-hydrogen) atoms. The lowest BCUT2D eigenvalue weighted by atomic mass is 9.94. The van der Waals surface area contributed by atoms with Crippen LogP contribution in [0.1, 0.15) is 12.5 Å². The van der Waals surface area contributed by atoms with Gasteiger partial charge in [0.1, 0.15) is 12.0 Å². The maximum absolute atomic E-state index is 13.2. The molecule has 2 aromatic carbocycles. The van der Waals surface area contributed by atoms with Gasteiger partial charge in [0.05, 0.1) is 22.9 Å². The van der Waals surface area contributed by atoms with E-state index in [2.05, 4.69) is 30.8 Å². The van der Waals surface area contributed by atoms with Crippen molar-refractivity contribution in [2.75, 3.05) is 23.7 Å². The van der Waals surface area contributed by atoms with Gasteiger partial charge in [0.25, 0.3) is 10.0 Å². The second kappa shape index (κ2) is 9.07. The molecule has 5 aromatic rings. The molecule has 1 unspecified atom stereocenters. The van der Waals surface area contributed by atoms with E-state index >= 15 is 0 Å². The minimum absolute atomic E-state index is 0.0420. The quantitative estimate of drug-likeness (QED) is 0.337. The SMILES string of the molecule is CN(C)c1ccc(NS(=O)(=O)c2cccc(C(C)(C#N)n3cc(-c4ncnc5[nH]ccc45)cn3)c2)cc1. The van der Waals surface area contributed by atoms with Crippen LogP contribution in [0.25, 0.3) is 22.3 Å². The van der Waals surface area contributed by atoms with E-state index in [1.807, 2.05) is 37.2 Å². The Morgan fingerprint density at radius 2 is 1.89 bits per heavy atom. The zero-order chi connectivity index (χ0) is 26.2. The molecular weight excluding hydrogens is 488 g/mol. The van der Waals surface area contributed by atoms with Crippen molar-refractivity contribution in [2.45, 2.75) is 17.4 Å². The van der Waals surface area contributed by atoms with Gasteiger partial charge in [-0.1, -0.05) is 12.1 Å². The molecule has 0 spiro atoms. The van der Waals surface area contributed by atoms with Crippen LogP contribution < -0.4 is 9.62 Å². The van der Waals surface area contributed by atoms with Crippen LogP contribution in [0, 0.1) is 11.3 Å². The highest BCUT2D eigenvalue weighted by molar-refractivity contribution is 7.92. The van der Waals surface area contributed by atoms with Crippen LogP contribution in [0.5, 0.6) is 0 Å². The zero-order valence-corrected chi connectivity index (χ0v) is 21.2. The Kier molecular flexibility index (Phi) is 5.89. The molecule has 0 amide bonds. The van der Waals surface area contributed by atoms with Gasteiger partial charge < -0.3 is 9.88 Å². The summed E-state index contributed by atoms with van der Waals surface area (Å²) in [6.07, 6.45) is 6.60. The van der Waals surface area contributed by atoms with Crippen molar-refractivity contribution >= 4 is 32.4 Å². The lowest BCUT2D eigenvalue weighted by molar-refractivity contribution is 0.452. The summed E-state index contributed by atoms with van der Waals surface area (Å²) in [5.41, 5.74) is 2.68. The normalized spacial score (nSPS) is 13.1. The minimum Gasteiger partial charge on any atom is -0.378 e. The summed E-state index contributed by atoms with van der Waals surface area (Å²) in [6.45, 7) is 1.69. The molecule has 0 fully saturated rings. The number of H-pyrrole nitrogens is 1. The Hall–Kier alpha value is -4.69. The number of rotatable bonds is 7. The Morgan fingerprint density at radius 3 is 2.62 bits per heavy atom. The topological polar surface area (TPSA) is 133 Å². The zero-order valence-electron chi connectivity index (χ0n) is 20.4. The van der Waals surface area contributed by atoms with Gasteiger partial charge in [-0.25, -0.2) is 23.1 Å². The van der Waals surface area contributed by atoms with E-state index in [-0.39, 0.29) is 4.90 Å². The highest BCUT2D eigenvalue weighted by Crippen LogP contribution is 2.31.